The number of furan rings is 1. The van der Waals surface area contributed by atoms with E-state index in [0.717, 1.165) is 41.6 Å². The summed E-state index contributed by atoms with van der Waals surface area (Å²) >= 11 is 0. The Morgan fingerprint density at radius 1 is 1.28 bits per heavy atom. The number of aromatic nitrogens is 2. The number of hydrogen-bond donors (Lipinski definition) is 1. The van der Waals surface area contributed by atoms with Gasteiger partial charge in [0.25, 0.3) is 0 Å². The minimum absolute atomic E-state index is 0.410. The van der Waals surface area contributed by atoms with Crippen LogP contribution in [0.2, 0.25) is 0 Å². The highest BCUT2D eigenvalue weighted by atomic mass is 16.3. The van der Waals surface area contributed by atoms with Crippen LogP contribution in [0.1, 0.15) is 42.5 Å². The van der Waals surface area contributed by atoms with E-state index in [1.54, 1.807) is 6.26 Å². The predicted octanol–water partition coefficient (Wildman–Crippen LogP) is 2.77. The molecule has 3 heterocycles. The van der Waals surface area contributed by atoms with Crippen molar-refractivity contribution in [1.82, 2.24) is 15.3 Å². The summed E-state index contributed by atoms with van der Waals surface area (Å²) in [5, 5.41) is 3.34. The van der Waals surface area contributed by atoms with Crippen molar-refractivity contribution in [2.75, 3.05) is 0 Å². The fourth-order valence-electron chi connectivity index (χ4n) is 2.41. The molecule has 4 heteroatoms. The first kappa shape index (κ1) is 11.4. The van der Waals surface area contributed by atoms with E-state index in [0.29, 0.717) is 5.92 Å². The maximum absolute atomic E-state index is 5.34. The van der Waals surface area contributed by atoms with Crippen molar-refractivity contribution < 1.29 is 4.42 Å². The lowest BCUT2D eigenvalue weighted by molar-refractivity contribution is 0.535. The molecule has 0 bridgehead atoms. The molecule has 3 rings (SSSR count). The summed E-state index contributed by atoms with van der Waals surface area (Å²) in [6, 6.07) is 1.93. The summed E-state index contributed by atoms with van der Waals surface area (Å²) < 4.78 is 5.34. The zero-order valence-corrected chi connectivity index (χ0v) is 10.9. The Bertz CT molecular complexity index is 587. The monoisotopic (exact) mass is 243 g/mol. The Kier molecular flexibility index (Phi) is 2.67. The highest BCUT2D eigenvalue weighted by Gasteiger charge is 2.21. The normalized spacial score (nSPS) is 14.2. The molecule has 0 aliphatic carbocycles. The highest BCUT2D eigenvalue weighted by Crippen LogP contribution is 2.28. The molecule has 0 amide bonds. The number of hydrogen-bond acceptors (Lipinski definition) is 4. The summed E-state index contributed by atoms with van der Waals surface area (Å²) in [5.74, 6) is 2.07. The minimum atomic E-state index is 0.410. The van der Waals surface area contributed by atoms with Crippen LogP contribution < -0.4 is 5.32 Å². The SMILES string of the molecule is Cc1occc1-c1nc2c(c(C(C)C)n1)CNC2. The number of nitrogens with zero attached hydrogens (tertiary/aromatic N) is 2. The zero-order valence-electron chi connectivity index (χ0n) is 10.9. The van der Waals surface area contributed by atoms with Gasteiger partial charge in [0.2, 0.25) is 0 Å². The molecule has 0 spiro atoms. The Hall–Kier alpha value is -1.68. The average Bonchev–Trinajstić information content (AvgIpc) is 2.95. The number of fused-ring (bicyclic) bond motifs is 1. The van der Waals surface area contributed by atoms with Crippen molar-refractivity contribution >= 4 is 0 Å². The van der Waals surface area contributed by atoms with Crippen LogP contribution >= 0.6 is 0 Å². The highest BCUT2D eigenvalue weighted by molar-refractivity contribution is 5.58. The third kappa shape index (κ3) is 1.73. The number of nitrogens with one attached hydrogen (secondary N) is 1. The van der Waals surface area contributed by atoms with E-state index in [2.05, 4.69) is 24.1 Å². The molecule has 2 aromatic heterocycles. The smallest absolute Gasteiger partial charge is 0.163 e. The van der Waals surface area contributed by atoms with Gasteiger partial charge in [-0.25, -0.2) is 9.97 Å². The molecule has 0 saturated heterocycles. The van der Waals surface area contributed by atoms with Gasteiger partial charge in [-0.2, -0.15) is 0 Å². The lowest BCUT2D eigenvalue weighted by atomic mass is 10.0. The molecule has 2 aromatic rings. The predicted molar refractivity (Wildman–Crippen MR) is 69.1 cm³/mol. The molecule has 0 unspecified atom stereocenters. The van der Waals surface area contributed by atoms with Crippen molar-refractivity contribution in [3.8, 4) is 11.4 Å². The van der Waals surface area contributed by atoms with Crippen LogP contribution in [0.5, 0.6) is 0 Å². The van der Waals surface area contributed by atoms with E-state index in [1.165, 1.54) is 5.56 Å². The van der Waals surface area contributed by atoms with Crippen molar-refractivity contribution in [1.29, 1.82) is 0 Å². The summed E-state index contributed by atoms with van der Waals surface area (Å²) in [5.41, 5.74) is 4.55. The maximum Gasteiger partial charge on any atom is 0.163 e. The first-order chi connectivity index (χ1) is 8.66. The molecular weight excluding hydrogens is 226 g/mol. The summed E-state index contributed by atoms with van der Waals surface area (Å²) in [4.78, 5) is 9.40. The van der Waals surface area contributed by atoms with Crippen molar-refractivity contribution in [2.24, 2.45) is 0 Å². The molecular formula is C14H17N3O. The van der Waals surface area contributed by atoms with Crippen LogP contribution in [0.4, 0.5) is 0 Å². The fraction of sp³-hybridized carbons (Fsp3) is 0.429. The van der Waals surface area contributed by atoms with Crippen LogP contribution in [0, 0.1) is 6.92 Å². The van der Waals surface area contributed by atoms with Gasteiger partial charge in [0.05, 0.1) is 23.2 Å². The van der Waals surface area contributed by atoms with Gasteiger partial charge < -0.3 is 9.73 Å². The molecule has 94 valence electrons. The lowest BCUT2D eigenvalue weighted by Crippen LogP contribution is -2.05. The van der Waals surface area contributed by atoms with Gasteiger partial charge in [-0.15, -0.1) is 0 Å². The van der Waals surface area contributed by atoms with E-state index in [4.69, 9.17) is 9.40 Å². The van der Waals surface area contributed by atoms with Gasteiger partial charge in [0, 0.05) is 18.7 Å². The van der Waals surface area contributed by atoms with Crippen LogP contribution in [0.15, 0.2) is 16.7 Å². The van der Waals surface area contributed by atoms with Crippen LogP contribution in [0.3, 0.4) is 0 Å². The van der Waals surface area contributed by atoms with Gasteiger partial charge in [0.15, 0.2) is 5.82 Å². The summed E-state index contributed by atoms with van der Waals surface area (Å²) in [6.07, 6.45) is 1.69. The van der Waals surface area contributed by atoms with E-state index in [1.807, 2.05) is 13.0 Å². The first-order valence-corrected chi connectivity index (χ1v) is 6.31. The maximum atomic E-state index is 5.34. The summed E-state index contributed by atoms with van der Waals surface area (Å²) in [6.45, 7) is 8.01. The minimum Gasteiger partial charge on any atom is -0.469 e. The third-order valence-electron chi connectivity index (χ3n) is 3.37. The van der Waals surface area contributed by atoms with Crippen LogP contribution in [0.25, 0.3) is 11.4 Å². The average molecular weight is 243 g/mol. The lowest BCUT2D eigenvalue weighted by Gasteiger charge is -2.11. The van der Waals surface area contributed by atoms with E-state index in [9.17, 15) is 0 Å². The molecule has 1 N–H and O–H groups in total. The summed E-state index contributed by atoms with van der Waals surface area (Å²) in [7, 11) is 0. The molecule has 0 fully saturated rings. The van der Waals surface area contributed by atoms with Gasteiger partial charge in [-0.05, 0) is 18.9 Å². The van der Waals surface area contributed by atoms with Crippen molar-refractivity contribution in [3.05, 3.63) is 35.0 Å². The molecule has 18 heavy (non-hydrogen) atoms. The Morgan fingerprint density at radius 3 is 2.78 bits per heavy atom. The van der Waals surface area contributed by atoms with E-state index in [-0.39, 0.29) is 0 Å². The molecule has 0 aromatic carbocycles. The van der Waals surface area contributed by atoms with Crippen LogP contribution in [-0.2, 0) is 13.1 Å². The van der Waals surface area contributed by atoms with Gasteiger partial charge >= 0.3 is 0 Å². The second-order valence-corrected chi connectivity index (χ2v) is 5.01. The quantitative estimate of drug-likeness (QED) is 0.881. The van der Waals surface area contributed by atoms with Gasteiger partial charge in [-0.3, -0.25) is 0 Å². The zero-order chi connectivity index (χ0) is 12.7. The molecule has 0 radical (unpaired) electrons. The molecule has 1 aliphatic heterocycles. The second kappa shape index (κ2) is 4.21. The van der Waals surface area contributed by atoms with Crippen LogP contribution in [-0.4, -0.2) is 9.97 Å². The fourth-order valence-corrected chi connectivity index (χ4v) is 2.41. The van der Waals surface area contributed by atoms with E-state index >= 15 is 0 Å². The Labute approximate surface area is 106 Å². The Morgan fingerprint density at radius 2 is 2.11 bits per heavy atom. The van der Waals surface area contributed by atoms with Crippen molar-refractivity contribution in [3.63, 3.8) is 0 Å². The number of aryl methyl sites for hydroxylation is 1. The molecule has 0 atom stereocenters. The number of rotatable bonds is 2. The van der Waals surface area contributed by atoms with Gasteiger partial charge in [-0.1, -0.05) is 13.8 Å². The topological polar surface area (TPSA) is 51.0 Å². The molecule has 4 nitrogen and oxygen atoms in total. The largest absolute Gasteiger partial charge is 0.469 e. The molecule has 1 aliphatic rings. The third-order valence-corrected chi connectivity index (χ3v) is 3.37. The van der Waals surface area contributed by atoms with E-state index < -0.39 is 0 Å². The molecule has 0 saturated carbocycles. The first-order valence-electron chi connectivity index (χ1n) is 6.31. The second-order valence-electron chi connectivity index (χ2n) is 5.01. The van der Waals surface area contributed by atoms with Gasteiger partial charge in [0.1, 0.15) is 5.76 Å². The standard InChI is InChI=1S/C14H17N3O/c1-8(2)13-11-6-15-7-12(11)16-14(17-13)10-4-5-18-9(10)3/h4-5,8,15H,6-7H2,1-3H3. The Balaban J connectivity index is 2.18. The van der Waals surface area contributed by atoms with Crippen molar-refractivity contribution in [2.45, 2.75) is 39.8 Å².